The highest BCUT2D eigenvalue weighted by molar-refractivity contribution is 7.08. The van der Waals surface area contributed by atoms with E-state index in [-0.39, 0.29) is 0 Å². The summed E-state index contributed by atoms with van der Waals surface area (Å²) in [5.41, 5.74) is 3.00. The monoisotopic (exact) mass is 192 g/mol. The Bertz CT molecular complexity index is 391. The van der Waals surface area contributed by atoms with Gasteiger partial charge < -0.3 is 4.79 Å². The van der Waals surface area contributed by atoms with Crippen LogP contribution in [0.3, 0.4) is 0 Å². The summed E-state index contributed by atoms with van der Waals surface area (Å²) in [7, 11) is 0. The molecular formula is C9H8N2OS. The summed E-state index contributed by atoms with van der Waals surface area (Å²) in [4.78, 5) is 10.4. The second-order valence-corrected chi connectivity index (χ2v) is 3.43. The van der Waals surface area contributed by atoms with Gasteiger partial charge in [-0.1, -0.05) is 0 Å². The van der Waals surface area contributed by atoms with Gasteiger partial charge >= 0.3 is 0 Å². The first-order chi connectivity index (χ1) is 6.42. The van der Waals surface area contributed by atoms with Crippen molar-refractivity contribution >= 4 is 17.6 Å². The molecule has 0 radical (unpaired) electrons. The number of nitrogens with zero attached hydrogens (tertiary/aromatic N) is 1. The van der Waals surface area contributed by atoms with Crippen LogP contribution in [0.2, 0.25) is 0 Å². The fraction of sp³-hybridized carbons (Fsp3) is 0.111. The van der Waals surface area contributed by atoms with Gasteiger partial charge in [0.15, 0.2) is 0 Å². The number of aldehydes is 1. The smallest absolute Gasteiger partial charge is 0.124 e. The molecule has 0 saturated carbocycles. The Kier molecular flexibility index (Phi) is 2.23. The maximum absolute atomic E-state index is 10.4. The highest BCUT2D eigenvalue weighted by atomic mass is 32.1. The van der Waals surface area contributed by atoms with E-state index in [0.29, 0.717) is 6.42 Å². The summed E-state index contributed by atoms with van der Waals surface area (Å²) in [6, 6.07) is 2.01. The molecule has 66 valence electrons. The van der Waals surface area contributed by atoms with Gasteiger partial charge in [0.1, 0.15) is 6.29 Å². The van der Waals surface area contributed by atoms with E-state index in [9.17, 15) is 4.79 Å². The fourth-order valence-electron chi connectivity index (χ4n) is 1.21. The van der Waals surface area contributed by atoms with Crippen LogP contribution in [-0.4, -0.2) is 16.5 Å². The summed E-state index contributed by atoms with van der Waals surface area (Å²) < 4.78 is 0. The van der Waals surface area contributed by atoms with Crippen molar-refractivity contribution < 1.29 is 4.79 Å². The third-order valence-corrected chi connectivity index (χ3v) is 2.51. The van der Waals surface area contributed by atoms with E-state index in [1.165, 1.54) is 0 Å². The Morgan fingerprint density at radius 3 is 3.23 bits per heavy atom. The molecule has 0 aliphatic rings. The number of nitrogens with one attached hydrogen (secondary N) is 1. The summed E-state index contributed by atoms with van der Waals surface area (Å²) in [6.45, 7) is 0. The molecule has 0 aromatic carbocycles. The van der Waals surface area contributed by atoms with Crippen molar-refractivity contribution in [2.24, 2.45) is 0 Å². The zero-order chi connectivity index (χ0) is 9.10. The number of rotatable bonds is 3. The molecule has 0 aliphatic heterocycles. The van der Waals surface area contributed by atoms with Crippen molar-refractivity contribution in [3.63, 3.8) is 0 Å². The maximum Gasteiger partial charge on any atom is 0.124 e. The normalized spacial score (nSPS) is 10.2. The minimum atomic E-state index is 0.418. The van der Waals surface area contributed by atoms with Gasteiger partial charge in [0.2, 0.25) is 0 Å². The lowest BCUT2D eigenvalue weighted by Crippen LogP contribution is -1.86. The van der Waals surface area contributed by atoms with Crippen LogP contribution in [0.1, 0.15) is 5.56 Å². The number of hydrogen-bond donors (Lipinski definition) is 1. The molecule has 2 aromatic rings. The second kappa shape index (κ2) is 3.53. The van der Waals surface area contributed by atoms with Gasteiger partial charge in [0.05, 0.1) is 11.9 Å². The van der Waals surface area contributed by atoms with Gasteiger partial charge in [-0.05, 0) is 11.4 Å². The minimum absolute atomic E-state index is 0.418. The molecule has 0 fully saturated rings. The van der Waals surface area contributed by atoms with E-state index >= 15 is 0 Å². The lowest BCUT2D eigenvalue weighted by atomic mass is 10.1. The largest absolute Gasteiger partial charge is 0.303 e. The van der Waals surface area contributed by atoms with Crippen molar-refractivity contribution in [1.29, 1.82) is 0 Å². The number of aromatic nitrogens is 2. The lowest BCUT2D eigenvalue weighted by molar-refractivity contribution is -0.107. The summed E-state index contributed by atoms with van der Waals surface area (Å²) >= 11 is 1.63. The molecule has 2 aromatic heterocycles. The molecule has 1 N–H and O–H groups in total. The van der Waals surface area contributed by atoms with Gasteiger partial charge in [-0.3, -0.25) is 5.10 Å². The number of aromatic amines is 1. The van der Waals surface area contributed by atoms with Crippen LogP contribution < -0.4 is 0 Å². The molecule has 0 saturated heterocycles. The summed E-state index contributed by atoms with van der Waals surface area (Å²) in [5, 5.41) is 10.8. The van der Waals surface area contributed by atoms with Crippen LogP contribution in [0.25, 0.3) is 11.3 Å². The molecule has 2 heterocycles. The van der Waals surface area contributed by atoms with E-state index < -0.39 is 0 Å². The van der Waals surface area contributed by atoms with Crippen molar-refractivity contribution in [2.45, 2.75) is 6.42 Å². The van der Waals surface area contributed by atoms with Gasteiger partial charge in [0.25, 0.3) is 0 Å². The topological polar surface area (TPSA) is 45.8 Å². The van der Waals surface area contributed by atoms with Crippen LogP contribution in [0.4, 0.5) is 0 Å². The average molecular weight is 192 g/mol. The molecule has 4 heteroatoms. The SMILES string of the molecule is O=CCc1cn[nH]c1-c1ccsc1. The molecule has 0 aliphatic carbocycles. The van der Waals surface area contributed by atoms with E-state index in [4.69, 9.17) is 0 Å². The Morgan fingerprint density at radius 2 is 2.54 bits per heavy atom. The molecule has 0 atom stereocenters. The summed E-state index contributed by atoms with van der Waals surface area (Å²) in [5.74, 6) is 0. The van der Waals surface area contributed by atoms with Crippen molar-refractivity contribution in [3.8, 4) is 11.3 Å². The summed E-state index contributed by atoms with van der Waals surface area (Å²) in [6.07, 6.45) is 3.00. The van der Waals surface area contributed by atoms with Gasteiger partial charge in [-0.25, -0.2) is 0 Å². The fourth-order valence-corrected chi connectivity index (χ4v) is 1.86. The number of H-pyrrole nitrogens is 1. The van der Waals surface area contributed by atoms with Crippen LogP contribution >= 0.6 is 11.3 Å². The second-order valence-electron chi connectivity index (χ2n) is 2.65. The Morgan fingerprint density at radius 1 is 1.62 bits per heavy atom. The molecule has 13 heavy (non-hydrogen) atoms. The third-order valence-electron chi connectivity index (χ3n) is 1.83. The van der Waals surface area contributed by atoms with E-state index in [1.54, 1.807) is 17.5 Å². The standard InChI is InChI=1S/C9H8N2OS/c12-3-1-7-5-10-11-9(7)8-2-4-13-6-8/h2-6H,1H2,(H,10,11). The Hall–Kier alpha value is -1.42. The third kappa shape index (κ3) is 1.53. The molecule has 0 unspecified atom stereocenters. The van der Waals surface area contributed by atoms with Gasteiger partial charge in [-0.2, -0.15) is 16.4 Å². The van der Waals surface area contributed by atoms with E-state index in [0.717, 1.165) is 23.1 Å². The first kappa shape index (κ1) is 8.19. The zero-order valence-electron chi connectivity index (χ0n) is 6.86. The highest BCUT2D eigenvalue weighted by Gasteiger charge is 2.06. The first-order valence-corrected chi connectivity index (χ1v) is 4.84. The Balaban J connectivity index is 2.40. The first-order valence-electron chi connectivity index (χ1n) is 3.90. The van der Waals surface area contributed by atoms with Crippen molar-refractivity contribution in [2.75, 3.05) is 0 Å². The lowest BCUT2D eigenvalue weighted by Gasteiger charge is -1.94. The molecule has 0 amide bonds. The number of hydrogen-bond acceptors (Lipinski definition) is 3. The number of carbonyl (C=O) groups is 1. The predicted octanol–water partition coefficient (Wildman–Crippen LogP) is 1.88. The molecule has 3 nitrogen and oxygen atoms in total. The van der Waals surface area contributed by atoms with Crippen LogP contribution in [0.15, 0.2) is 23.0 Å². The molecule has 0 spiro atoms. The number of thiophene rings is 1. The van der Waals surface area contributed by atoms with Crippen molar-refractivity contribution in [1.82, 2.24) is 10.2 Å². The molecule has 0 bridgehead atoms. The highest BCUT2D eigenvalue weighted by Crippen LogP contribution is 2.23. The zero-order valence-corrected chi connectivity index (χ0v) is 7.67. The van der Waals surface area contributed by atoms with E-state index in [1.807, 2.05) is 16.8 Å². The van der Waals surface area contributed by atoms with Gasteiger partial charge in [-0.15, -0.1) is 0 Å². The molecule has 2 rings (SSSR count). The minimum Gasteiger partial charge on any atom is -0.303 e. The number of carbonyl (C=O) groups excluding carboxylic acids is 1. The Labute approximate surface area is 79.4 Å². The van der Waals surface area contributed by atoms with Crippen LogP contribution in [0.5, 0.6) is 0 Å². The quantitative estimate of drug-likeness (QED) is 0.755. The van der Waals surface area contributed by atoms with Crippen LogP contribution in [0, 0.1) is 0 Å². The van der Waals surface area contributed by atoms with E-state index in [2.05, 4.69) is 10.2 Å². The maximum atomic E-state index is 10.4. The predicted molar refractivity (Wildman–Crippen MR) is 51.7 cm³/mol. The average Bonchev–Trinajstić information content (AvgIpc) is 2.71. The van der Waals surface area contributed by atoms with Gasteiger partial charge in [0, 0.05) is 22.9 Å². The molecular weight excluding hydrogens is 184 g/mol. The van der Waals surface area contributed by atoms with Crippen LogP contribution in [-0.2, 0) is 11.2 Å². The van der Waals surface area contributed by atoms with Crippen molar-refractivity contribution in [3.05, 3.63) is 28.6 Å².